The van der Waals surface area contributed by atoms with Gasteiger partial charge in [0.25, 0.3) is 0 Å². The van der Waals surface area contributed by atoms with Crippen molar-refractivity contribution in [1.82, 2.24) is 0 Å². The molecule has 2 N–H and O–H groups in total. The average Bonchev–Trinajstić information content (AvgIpc) is 2.76. The predicted molar refractivity (Wildman–Crippen MR) is 115 cm³/mol. The molecule has 0 atom stereocenters. The molecule has 28 heavy (non-hydrogen) atoms. The minimum absolute atomic E-state index is 0.0594. The van der Waals surface area contributed by atoms with Crippen molar-refractivity contribution in [2.75, 3.05) is 0 Å². The zero-order valence-corrected chi connectivity index (χ0v) is 16.0. The van der Waals surface area contributed by atoms with Gasteiger partial charge in [0.1, 0.15) is 11.5 Å². The van der Waals surface area contributed by atoms with Crippen LogP contribution in [0.3, 0.4) is 0 Å². The number of hydrogen-bond donors (Lipinski definition) is 2. The number of phenols is 2. The smallest absolute Gasteiger partial charge is 0.171 e. The number of aromatic hydroxyl groups is 2. The van der Waals surface area contributed by atoms with Gasteiger partial charge in [0.2, 0.25) is 0 Å². The van der Waals surface area contributed by atoms with Crippen LogP contribution in [0.5, 0.6) is 11.5 Å². The molecule has 0 aromatic heterocycles. The van der Waals surface area contributed by atoms with E-state index in [1.165, 1.54) is 18.2 Å². The van der Waals surface area contributed by atoms with E-state index >= 15 is 0 Å². The van der Waals surface area contributed by atoms with E-state index in [-0.39, 0.29) is 11.5 Å². The van der Waals surface area contributed by atoms with Gasteiger partial charge >= 0.3 is 0 Å². The summed E-state index contributed by atoms with van der Waals surface area (Å²) < 4.78 is 14.4. The number of hydrogen-bond acceptors (Lipinski definition) is 3. The Morgan fingerprint density at radius 1 is 0.571 bits per heavy atom. The molecule has 0 radical (unpaired) electrons. The zero-order chi connectivity index (χ0) is 19.6. The van der Waals surface area contributed by atoms with E-state index < -0.39 is 7.14 Å². The largest absolute Gasteiger partial charge is 0.508 e. The van der Waals surface area contributed by atoms with Gasteiger partial charge < -0.3 is 14.8 Å². The third-order valence-corrected chi connectivity index (χ3v) is 7.80. The molecule has 4 aromatic carbocycles. The lowest BCUT2D eigenvalue weighted by atomic mass is 10.0. The Morgan fingerprint density at radius 2 is 1.14 bits per heavy atom. The Morgan fingerprint density at radius 3 is 1.75 bits per heavy atom. The normalized spacial score (nSPS) is 11.3. The fourth-order valence-electron chi connectivity index (χ4n) is 3.35. The molecule has 0 saturated carbocycles. The highest BCUT2D eigenvalue weighted by Gasteiger charge is 2.29. The molecule has 0 aliphatic rings. The first-order chi connectivity index (χ1) is 13.6. The van der Waals surface area contributed by atoms with Crippen molar-refractivity contribution < 1.29 is 14.8 Å². The zero-order valence-electron chi connectivity index (χ0n) is 15.1. The Bertz CT molecular complexity index is 1110. The summed E-state index contributed by atoms with van der Waals surface area (Å²) in [5.41, 5.74) is 1.19. The maximum absolute atomic E-state index is 14.4. The van der Waals surface area contributed by atoms with Gasteiger partial charge in [-0.15, -0.1) is 0 Å². The fraction of sp³-hybridized carbons (Fsp3) is 0. The summed E-state index contributed by atoms with van der Waals surface area (Å²) in [6.07, 6.45) is 0. The molecule has 0 aliphatic carbocycles. The molecule has 4 aromatic rings. The predicted octanol–water partition coefficient (Wildman–Crippen LogP) is 4.40. The lowest BCUT2D eigenvalue weighted by molar-refractivity contribution is 0.462. The molecular formula is C24H19O3P. The Hall–Kier alpha value is -3.29. The minimum atomic E-state index is -3.09. The highest BCUT2D eigenvalue weighted by Crippen LogP contribution is 2.43. The molecule has 138 valence electrons. The third kappa shape index (κ3) is 3.21. The number of rotatable bonds is 4. The molecule has 0 heterocycles. The van der Waals surface area contributed by atoms with E-state index in [1.54, 1.807) is 0 Å². The summed E-state index contributed by atoms with van der Waals surface area (Å²) in [5.74, 6) is 0.122. The molecule has 4 heteroatoms. The third-order valence-electron chi connectivity index (χ3n) is 4.74. The number of phenolic OH excluding ortho intramolecular Hbond substituents is 2. The summed E-state index contributed by atoms with van der Waals surface area (Å²) >= 11 is 0. The van der Waals surface area contributed by atoms with Gasteiger partial charge in [-0.2, -0.15) is 0 Å². The Labute approximate surface area is 163 Å². The van der Waals surface area contributed by atoms with Crippen LogP contribution in [0.25, 0.3) is 11.1 Å². The van der Waals surface area contributed by atoms with Crippen LogP contribution in [0, 0.1) is 0 Å². The van der Waals surface area contributed by atoms with Crippen LogP contribution in [0.4, 0.5) is 0 Å². The SMILES string of the molecule is O=P(c1ccccc1)(c1ccccc1)c1cccc(-c2cc(O)ccc2O)c1. The van der Waals surface area contributed by atoms with Crippen molar-refractivity contribution in [2.24, 2.45) is 0 Å². The van der Waals surface area contributed by atoms with E-state index in [4.69, 9.17) is 0 Å². The first-order valence-corrected chi connectivity index (χ1v) is 10.6. The second-order valence-corrected chi connectivity index (χ2v) is 9.30. The lowest BCUT2D eigenvalue weighted by Gasteiger charge is -2.20. The molecule has 0 spiro atoms. The molecule has 0 amide bonds. The van der Waals surface area contributed by atoms with E-state index in [0.29, 0.717) is 16.4 Å². The maximum atomic E-state index is 14.4. The Balaban J connectivity index is 1.94. The molecule has 4 rings (SSSR count). The van der Waals surface area contributed by atoms with Crippen LogP contribution in [-0.2, 0) is 4.57 Å². The highest BCUT2D eigenvalue weighted by atomic mass is 31.2. The van der Waals surface area contributed by atoms with Crippen LogP contribution in [0.15, 0.2) is 103 Å². The van der Waals surface area contributed by atoms with E-state index in [0.717, 1.165) is 10.6 Å². The highest BCUT2D eigenvalue weighted by molar-refractivity contribution is 7.85. The van der Waals surface area contributed by atoms with Crippen molar-refractivity contribution in [2.45, 2.75) is 0 Å². The molecule has 3 nitrogen and oxygen atoms in total. The maximum Gasteiger partial charge on any atom is 0.171 e. The van der Waals surface area contributed by atoms with Crippen molar-refractivity contribution in [3.05, 3.63) is 103 Å². The molecule has 0 fully saturated rings. The molecule has 0 bridgehead atoms. The summed E-state index contributed by atoms with van der Waals surface area (Å²) in [7, 11) is -3.09. The quantitative estimate of drug-likeness (QED) is 0.404. The molecular weight excluding hydrogens is 367 g/mol. The summed E-state index contributed by atoms with van der Waals surface area (Å²) in [6.45, 7) is 0. The van der Waals surface area contributed by atoms with Crippen LogP contribution in [0.2, 0.25) is 0 Å². The topological polar surface area (TPSA) is 57.5 Å². The van der Waals surface area contributed by atoms with Gasteiger partial charge in [0.15, 0.2) is 7.14 Å². The van der Waals surface area contributed by atoms with Crippen molar-refractivity contribution in [3.8, 4) is 22.6 Å². The standard InChI is InChI=1S/C24H19O3P/c25-19-14-15-24(26)23(17-19)18-8-7-13-22(16-18)28(27,20-9-3-1-4-10-20)21-11-5-2-6-12-21/h1-17,25-26H. The van der Waals surface area contributed by atoms with Crippen LogP contribution in [-0.4, -0.2) is 10.2 Å². The van der Waals surface area contributed by atoms with Gasteiger partial charge in [-0.3, -0.25) is 0 Å². The van der Waals surface area contributed by atoms with Crippen molar-refractivity contribution in [3.63, 3.8) is 0 Å². The molecule has 0 saturated heterocycles. The summed E-state index contributed by atoms with van der Waals surface area (Å²) in [6, 6.07) is 30.6. The summed E-state index contributed by atoms with van der Waals surface area (Å²) in [5, 5.41) is 22.2. The Kier molecular flexibility index (Phi) is 4.77. The second-order valence-electron chi connectivity index (χ2n) is 6.53. The fourth-order valence-corrected chi connectivity index (χ4v) is 6.04. The molecule has 0 unspecified atom stereocenters. The van der Waals surface area contributed by atoms with Crippen LogP contribution >= 0.6 is 7.14 Å². The summed E-state index contributed by atoms with van der Waals surface area (Å²) in [4.78, 5) is 0. The second kappa shape index (κ2) is 7.38. The molecule has 0 aliphatic heterocycles. The first kappa shape index (κ1) is 18.1. The van der Waals surface area contributed by atoms with Gasteiger partial charge in [-0.1, -0.05) is 78.9 Å². The van der Waals surface area contributed by atoms with Gasteiger partial charge in [-0.25, -0.2) is 0 Å². The van der Waals surface area contributed by atoms with Crippen molar-refractivity contribution >= 4 is 23.1 Å². The lowest BCUT2D eigenvalue weighted by Crippen LogP contribution is -2.25. The monoisotopic (exact) mass is 386 g/mol. The van der Waals surface area contributed by atoms with Crippen LogP contribution in [0.1, 0.15) is 0 Å². The van der Waals surface area contributed by atoms with Gasteiger partial charge in [0, 0.05) is 21.5 Å². The van der Waals surface area contributed by atoms with E-state index in [2.05, 4.69) is 0 Å². The van der Waals surface area contributed by atoms with E-state index in [1.807, 2.05) is 84.9 Å². The number of benzene rings is 4. The average molecular weight is 386 g/mol. The van der Waals surface area contributed by atoms with E-state index in [9.17, 15) is 14.8 Å². The minimum Gasteiger partial charge on any atom is -0.508 e. The van der Waals surface area contributed by atoms with Crippen molar-refractivity contribution in [1.29, 1.82) is 0 Å². The van der Waals surface area contributed by atoms with Gasteiger partial charge in [0.05, 0.1) is 0 Å². The van der Waals surface area contributed by atoms with Crippen LogP contribution < -0.4 is 15.9 Å². The first-order valence-electron chi connectivity index (χ1n) is 8.93. The van der Waals surface area contributed by atoms with Gasteiger partial charge in [-0.05, 0) is 29.8 Å².